The second kappa shape index (κ2) is 9.89. The standard InChI is InChI=1S/C23H22ClNO5/c1-28-20-9-8-16(23(26)27)11-19(20)25-13-17-10-18(24)12-21(29-2)22(17)30-14-15-6-4-3-5-7-15/h3-12,25H,13-14H2,1-2H3,(H,26,27). The van der Waals surface area contributed by atoms with Crippen LogP contribution in [0.15, 0.2) is 60.7 Å². The summed E-state index contributed by atoms with van der Waals surface area (Å²) in [5.41, 5.74) is 2.48. The fourth-order valence-electron chi connectivity index (χ4n) is 2.97. The number of anilines is 1. The maximum Gasteiger partial charge on any atom is 0.335 e. The van der Waals surface area contributed by atoms with Crippen molar-refractivity contribution in [3.63, 3.8) is 0 Å². The Bertz CT molecular complexity index is 1020. The number of methoxy groups -OCH3 is 2. The molecule has 0 radical (unpaired) electrons. The fraction of sp³-hybridized carbons (Fsp3) is 0.174. The molecule has 6 nitrogen and oxygen atoms in total. The van der Waals surface area contributed by atoms with Gasteiger partial charge >= 0.3 is 5.97 Å². The lowest BCUT2D eigenvalue weighted by Crippen LogP contribution is -2.07. The van der Waals surface area contributed by atoms with Crippen LogP contribution in [-0.4, -0.2) is 25.3 Å². The van der Waals surface area contributed by atoms with Crippen LogP contribution in [-0.2, 0) is 13.2 Å². The minimum absolute atomic E-state index is 0.155. The zero-order valence-corrected chi connectivity index (χ0v) is 17.4. The molecule has 0 saturated heterocycles. The summed E-state index contributed by atoms with van der Waals surface area (Å²) in [6, 6.07) is 17.9. The fourth-order valence-corrected chi connectivity index (χ4v) is 3.20. The first-order valence-electron chi connectivity index (χ1n) is 9.20. The minimum Gasteiger partial charge on any atom is -0.495 e. The minimum atomic E-state index is -1.02. The summed E-state index contributed by atoms with van der Waals surface area (Å²) in [6.07, 6.45) is 0. The lowest BCUT2D eigenvalue weighted by Gasteiger charge is -2.18. The van der Waals surface area contributed by atoms with E-state index in [9.17, 15) is 9.90 Å². The molecule has 30 heavy (non-hydrogen) atoms. The number of carboxylic acids is 1. The van der Waals surface area contributed by atoms with Crippen LogP contribution in [0.2, 0.25) is 5.02 Å². The molecule has 0 aliphatic carbocycles. The number of nitrogens with one attached hydrogen (secondary N) is 1. The Hall–Kier alpha value is -3.38. The lowest BCUT2D eigenvalue weighted by molar-refractivity contribution is 0.0697. The molecule has 0 aliphatic heterocycles. The molecule has 0 atom stereocenters. The highest BCUT2D eigenvalue weighted by Crippen LogP contribution is 2.36. The van der Waals surface area contributed by atoms with Gasteiger partial charge in [-0.05, 0) is 29.8 Å². The first-order valence-corrected chi connectivity index (χ1v) is 9.58. The molecule has 0 aromatic heterocycles. The molecule has 7 heteroatoms. The van der Waals surface area contributed by atoms with E-state index in [1.54, 1.807) is 25.3 Å². The Kier molecular flexibility index (Phi) is 7.03. The van der Waals surface area contributed by atoms with Gasteiger partial charge in [-0.1, -0.05) is 41.9 Å². The number of aromatic carboxylic acids is 1. The first-order chi connectivity index (χ1) is 14.5. The van der Waals surface area contributed by atoms with Crippen molar-refractivity contribution in [1.82, 2.24) is 0 Å². The molecule has 0 fully saturated rings. The lowest BCUT2D eigenvalue weighted by atomic mass is 10.1. The van der Waals surface area contributed by atoms with E-state index >= 15 is 0 Å². The quantitative estimate of drug-likeness (QED) is 0.486. The van der Waals surface area contributed by atoms with E-state index in [1.807, 2.05) is 30.3 Å². The van der Waals surface area contributed by atoms with Gasteiger partial charge in [0, 0.05) is 23.2 Å². The zero-order chi connectivity index (χ0) is 21.5. The molecule has 0 bridgehead atoms. The van der Waals surface area contributed by atoms with E-state index < -0.39 is 5.97 Å². The molecule has 0 saturated carbocycles. The summed E-state index contributed by atoms with van der Waals surface area (Å²) < 4.78 is 16.9. The summed E-state index contributed by atoms with van der Waals surface area (Å²) in [7, 11) is 3.08. The number of carbonyl (C=O) groups is 1. The van der Waals surface area contributed by atoms with Crippen LogP contribution in [0.25, 0.3) is 0 Å². The van der Waals surface area contributed by atoms with Gasteiger partial charge in [0.1, 0.15) is 12.4 Å². The van der Waals surface area contributed by atoms with Gasteiger partial charge in [0.25, 0.3) is 0 Å². The smallest absolute Gasteiger partial charge is 0.335 e. The molecule has 3 rings (SSSR count). The van der Waals surface area contributed by atoms with E-state index in [-0.39, 0.29) is 5.56 Å². The second-order valence-corrected chi connectivity index (χ2v) is 6.88. The molecule has 156 valence electrons. The second-order valence-electron chi connectivity index (χ2n) is 6.44. The van der Waals surface area contributed by atoms with Crippen molar-refractivity contribution in [2.75, 3.05) is 19.5 Å². The maximum absolute atomic E-state index is 11.3. The summed E-state index contributed by atoms with van der Waals surface area (Å²) in [5, 5.41) is 13.0. The maximum atomic E-state index is 11.3. The van der Waals surface area contributed by atoms with Gasteiger partial charge in [-0.15, -0.1) is 0 Å². The van der Waals surface area contributed by atoms with Crippen LogP contribution >= 0.6 is 11.6 Å². The number of rotatable bonds is 9. The zero-order valence-electron chi connectivity index (χ0n) is 16.6. The van der Waals surface area contributed by atoms with Gasteiger partial charge in [-0.25, -0.2) is 4.79 Å². The van der Waals surface area contributed by atoms with Gasteiger partial charge < -0.3 is 24.6 Å². The molecule has 2 N–H and O–H groups in total. The van der Waals surface area contributed by atoms with Crippen molar-refractivity contribution in [2.24, 2.45) is 0 Å². The molecule has 0 amide bonds. The molecule has 0 heterocycles. The van der Waals surface area contributed by atoms with E-state index in [4.69, 9.17) is 25.8 Å². The van der Waals surface area contributed by atoms with Crippen LogP contribution in [0.4, 0.5) is 5.69 Å². The van der Waals surface area contributed by atoms with E-state index in [2.05, 4.69) is 5.32 Å². The van der Waals surface area contributed by atoms with E-state index in [0.29, 0.717) is 41.1 Å². The average Bonchev–Trinajstić information content (AvgIpc) is 2.76. The predicted molar refractivity (Wildman–Crippen MR) is 116 cm³/mol. The number of halogens is 1. The number of hydrogen-bond acceptors (Lipinski definition) is 5. The van der Waals surface area contributed by atoms with Crippen LogP contribution in [0.3, 0.4) is 0 Å². The molecule has 3 aromatic carbocycles. The largest absolute Gasteiger partial charge is 0.495 e. The Labute approximate surface area is 180 Å². The Morgan fingerprint density at radius 2 is 1.73 bits per heavy atom. The molecule has 0 spiro atoms. The highest BCUT2D eigenvalue weighted by atomic mass is 35.5. The third kappa shape index (κ3) is 5.15. The van der Waals surface area contributed by atoms with Crippen LogP contribution in [0.5, 0.6) is 17.2 Å². The van der Waals surface area contributed by atoms with Crippen molar-refractivity contribution in [3.05, 3.63) is 82.4 Å². The van der Waals surface area contributed by atoms with E-state index in [1.165, 1.54) is 19.2 Å². The van der Waals surface area contributed by atoms with Gasteiger partial charge in [-0.3, -0.25) is 0 Å². The van der Waals surface area contributed by atoms with Gasteiger partial charge in [0.15, 0.2) is 11.5 Å². The molecule has 0 unspecified atom stereocenters. The van der Waals surface area contributed by atoms with Gasteiger partial charge in [-0.2, -0.15) is 0 Å². The van der Waals surface area contributed by atoms with Crippen molar-refractivity contribution < 1.29 is 24.1 Å². The Balaban J connectivity index is 1.87. The number of hydrogen-bond donors (Lipinski definition) is 2. The van der Waals surface area contributed by atoms with Crippen molar-refractivity contribution in [2.45, 2.75) is 13.2 Å². The topological polar surface area (TPSA) is 77.0 Å². The van der Waals surface area contributed by atoms with Gasteiger partial charge in [0.2, 0.25) is 0 Å². The number of ether oxygens (including phenoxy) is 3. The summed E-state index contributed by atoms with van der Waals surface area (Å²) in [4.78, 5) is 11.3. The van der Waals surface area contributed by atoms with Crippen molar-refractivity contribution in [1.29, 1.82) is 0 Å². The normalized spacial score (nSPS) is 10.4. The Morgan fingerprint density at radius 1 is 1.00 bits per heavy atom. The van der Waals surface area contributed by atoms with Crippen LogP contribution < -0.4 is 19.5 Å². The van der Waals surface area contributed by atoms with Crippen molar-refractivity contribution >= 4 is 23.3 Å². The Morgan fingerprint density at radius 3 is 2.40 bits per heavy atom. The summed E-state index contributed by atoms with van der Waals surface area (Å²) >= 11 is 6.26. The van der Waals surface area contributed by atoms with E-state index in [0.717, 1.165) is 11.1 Å². The monoisotopic (exact) mass is 427 g/mol. The predicted octanol–water partition coefficient (Wildman–Crippen LogP) is 5.25. The first kappa shape index (κ1) is 21.3. The van der Waals surface area contributed by atoms with Crippen LogP contribution in [0.1, 0.15) is 21.5 Å². The third-order valence-electron chi connectivity index (χ3n) is 4.46. The van der Waals surface area contributed by atoms with Crippen LogP contribution in [0, 0.1) is 0 Å². The molecular formula is C23H22ClNO5. The van der Waals surface area contributed by atoms with Crippen molar-refractivity contribution in [3.8, 4) is 17.2 Å². The molecule has 3 aromatic rings. The third-order valence-corrected chi connectivity index (χ3v) is 4.68. The van der Waals surface area contributed by atoms with Gasteiger partial charge in [0.05, 0.1) is 25.5 Å². The SMILES string of the molecule is COc1ccc(C(=O)O)cc1NCc1cc(Cl)cc(OC)c1OCc1ccccc1. The molecule has 0 aliphatic rings. The molecular weight excluding hydrogens is 406 g/mol. The number of carboxylic acid groups (broad SMARTS) is 1. The summed E-state index contributed by atoms with van der Waals surface area (Å²) in [5.74, 6) is 0.589. The summed E-state index contributed by atoms with van der Waals surface area (Å²) in [6.45, 7) is 0.685. The average molecular weight is 428 g/mol. The number of benzene rings is 3. The highest BCUT2D eigenvalue weighted by molar-refractivity contribution is 6.30. The highest BCUT2D eigenvalue weighted by Gasteiger charge is 2.15.